The van der Waals surface area contributed by atoms with Gasteiger partial charge in [0.05, 0.1) is 17.6 Å². The summed E-state index contributed by atoms with van der Waals surface area (Å²) in [4.78, 5) is 26.0. The lowest BCUT2D eigenvalue weighted by Crippen LogP contribution is -2.45. The highest BCUT2D eigenvalue weighted by Gasteiger charge is 2.29. The van der Waals surface area contributed by atoms with Crippen molar-refractivity contribution in [3.8, 4) is 0 Å². The molecule has 0 aliphatic heterocycles. The highest BCUT2D eigenvalue weighted by Crippen LogP contribution is 2.26. The van der Waals surface area contributed by atoms with E-state index in [2.05, 4.69) is 5.32 Å². The van der Waals surface area contributed by atoms with Crippen LogP contribution in [0, 0.1) is 0 Å². The Morgan fingerprint density at radius 2 is 1.52 bits per heavy atom. The molecule has 0 aromatic heterocycles. The molecular weight excluding hydrogens is 436 g/mol. The van der Waals surface area contributed by atoms with Gasteiger partial charge in [-0.3, -0.25) is 13.9 Å². The van der Waals surface area contributed by atoms with E-state index in [-0.39, 0.29) is 17.0 Å². The Morgan fingerprint density at radius 1 is 0.935 bits per heavy atom. The van der Waals surface area contributed by atoms with Gasteiger partial charge in [-0.05, 0) is 37.3 Å². The second-order valence-electron chi connectivity index (χ2n) is 6.94. The average Bonchev–Trinajstić information content (AvgIpc) is 2.75. The fourth-order valence-corrected chi connectivity index (χ4v) is 4.53. The number of nitrogens with zero attached hydrogens (tertiary/aromatic N) is 1. The Hall–Kier alpha value is -3.16. The smallest absolute Gasteiger partial charge is 0.248 e. The number of ketones is 1. The molecule has 3 aromatic carbocycles. The predicted octanol–water partition coefficient (Wildman–Crippen LogP) is 4.36. The number of amides is 1. The monoisotopic (exact) mass is 456 g/mol. The number of nitrogens with one attached hydrogen (secondary N) is 1. The minimum Gasteiger partial charge on any atom is -0.324 e. The first-order chi connectivity index (χ1) is 14.7. The fraction of sp³-hybridized carbons (Fsp3) is 0.130. The van der Waals surface area contributed by atoms with Gasteiger partial charge >= 0.3 is 0 Å². The lowest BCUT2D eigenvalue weighted by atomic mass is 10.0. The summed E-state index contributed by atoms with van der Waals surface area (Å²) in [5, 5.41) is 3.03. The zero-order chi connectivity index (χ0) is 22.6. The third kappa shape index (κ3) is 5.31. The molecule has 0 aliphatic carbocycles. The molecule has 1 atom stereocenters. The van der Waals surface area contributed by atoms with Crippen molar-refractivity contribution >= 4 is 44.7 Å². The third-order valence-corrected chi connectivity index (χ3v) is 6.10. The summed E-state index contributed by atoms with van der Waals surface area (Å²) >= 11 is 6.09. The van der Waals surface area contributed by atoms with Crippen LogP contribution in [0.1, 0.15) is 22.8 Å². The van der Waals surface area contributed by atoms with E-state index in [9.17, 15) is 18.0 Å². The van der Waals surface area contributed by atoms with E-state index in [1.165, 1.54) is 19.1 Å². The maximum Gasteiger partial charge on any atom is 0.248 e. The molecule has 0 heterocycles. The highest BCUT2D eigenvalue weighted by molar-refractivity contribution is 7.92. The lowest BCUT2D eigenvalue weighted by Gasteiger charge is -2.28. The Kier molecular flexibility index (Phi) is 6.77. The van der Waals surface area contributed by atoms with Gasteiger partial charge in [0.15, 0.2) is 5.78 Å². The van der Waals surface area contributed by atoms with Crippen molar-refractivity contribution in [2.75, 3.05) is 15.9 Å². The van der Waals surface area contributed by atoms with E-state index in [1.807, 2.05) is 0 Å². The van der Waals surface area contributed by atoms with Crippen LogP contribution in [0.4, 0.5) is 11.4 Å². The summed E-state index contributed by atoms with van der Waals surface area (Å²) in [6, 6.07) is 20.4. The number of carbonyl (C=O) groups excluding carboxylic acids is 2. The number of hydrogen-bond acceptors (Lipinski definition) is 4. The van der Waals surface area contributed by atoms with Crippen molar-refractivity contribution in [1.29, 1.82) is 0 Å². The van der Waals surface area contributed by atoms with Crippen LogP contribution in [0.3, 0.4) is 0 Å². The molecule has 160 valence electrons. The fourth-order valence-electron chi connectivity index (χ4n) is 3.18. The van der Waals surface area contributed by atoms with Gasteiger partial charge in [0, 0.05) is 16.1 Å². The molecule has 31 heavy (non-hydrogen) atoms. The summed E-state index contributed by atoms with van der Waals surface area (Å²) in [5.74, 6) is -0.896. The second-order valence-corrected chi connectivity index (χ2v) is 9.24. The van der Waals surface area contributed by atoms with Crippen molar-refractivity contribution < 1.29 is 18.0 Å². The number of anilines is 2. The Bertz CT molecular complexity index is 1200. The Balaban J connectivity index is 1.93. The number of sulfonamides is 1. The molecule has 0 saturated carbocycles. The molecule has 0 radical (unpaired) electrons. The standard InChI is InChI=1S/C23H21ClN2O4S/c1-16(26(31(2,29)30)19-11-7-4-8-12-19)23(28)25-21-14-13-18(24)15-20(21)22(27)17-9-5-3-6-10-17/h3-16H,1-2H3,(H,25,28)/t16-/m0/s1. The molecule has 8 heteroatoms. The molecule has 0 fully saturated rings. The number of carbonyl (C=O) groups is 2. The molecule has 0 spiro atoms. The van der Waals surface area contributed by atoms with Crippen LogP contribution >= 0.6 is 11.6 Å². The maximum atomic E-state index is 13.0. The van der Waals surface area contributed by atoms with Crippen molar-refractivity contribution in [1.82, 2.24) is 0 Å². The first-order valence-electron chi connectivity index (χ1n) is 9.43. The van der Waals surface area contributed by atoms with Crippen molar-refractivity contribution in [2.24, 2.45) is 0 Å². The number of hydrogen-bond donors (Lipinski definition) is 1. The molecule has 0 aliphatic rings. The van der Waals surface area contributed by atoms with E-state index in [0.717, 1.165) is 10.6 Å². The van der Waals surface area contributed by atoms with Crippen LogP contribution in [-0.2, 0) is 14.8 Å². The summed E-state index contributed by atoms with van der Waals surface area (Å²) in [5.41, 5.74) is 1.26. The summed E-state index contributed by atoms with van der Waals surface area (Å²) in [7, 11) is -3.75. The molecule has 0 bridgehead atoms. The van der Waals surface area contributed by atoms with Crippen molar-refractivity contribution in [3.63, 3.8) is 0 Å². The maximum absolute atomic E-state index is 13.0. The van der Waals surface area contributed by atoms with E-state index in [1.54, 1.807) is 66.7 Å². The van der Waals surface area contributed by atoms with Gasteiger partial charge in [0.1, 0.15) is 6.04 Å². The van der Waals surface area contributed by atoms with Crippen molar-refractivity contribution in [2.45, 2.75) is 13.0 Å². The van der Waals surface area contributed by atoms with Gasteiger partial charge in [0.2, 0.25) is 15.9 Å². The van der Waals surface area contributed by atoms with E-state index in [0.29, 0.717) is 16.3 Å². The summed E-state index contributed by atoms with van der Waals surface area (Å²) in [6.07, 6.45) is 1.04. The zero-order valence-electron chi connectivity index (χ0n) is 16.9. The van der Waals surface area contributed by atoms with Gasteiger partial charge in [-0.25, -0.2) is 8.42 Å². The van der Waals surface area contributed by atoms with Crippen molar-refractivity contribution in [3.05, 3.63) is 95.0 Å². The van der Waals surface area contributed by atoms with Gasteiger partial charge < -0.3 is 5.32 Å². The minimum absolute atomic E-state index is 0.213. The molecular formula is C23H21ClN2O4S. The molecule has 3 rings (SSSR count). The SMILES string of the molecule is C[C@@H](C(=O)Nc1ccc(Cl)cc1C(=O)c1ccccc1)N(c1ccccc1)S(C)(=O)=O. The molecule has 1 amide bonds. The van der Waals surface area contributed by atoms with Crippen LogP contribution in [-0.4, -0.2) is 32.4 Å². The van der Waals surface area contributed by atoms with E-state index >= 15 is 0 Å². The Morgan fingerprint density at radius 3 is 2.10 bits per heavy atom. The van der Waals surface area contributed by atoms with Gasteiger partial charge in [-0.15, -0.1) is 0 Å². The molecule has 0 unspecified atom stereocenters. The zero-order valence-corrected chi connectivity index (χ0v) is 18.5. The quantitative estimate of drug-likeness (QED) is 0.535. The average molecular weight is 457 g/mol. The van der Waals surface area contributed by atoms with Gasteiger partial charge in [0.25, 0.3) is 0 Å². The number of para-hydroxylation sites is 1. The van der Waals surface area contributed by atoms with E-state index in [4.69, 9.17) is 11.6 Å². The van der Waals surface area contributed by atoms with Crippen LogP contribution in [0.5, 0.6) is 0 Å². The van der Waals surface area contributed by atoms with Gasteiger partial charge in [-0.1, -0.05) is 60.1 Å². The number of halogens is 1. The Labute approximate surface area is 186 Å². The van der Waals surface area contributed by atoms with Crippen LogP contribution in [0.25, 0.3) is 0 Å². The topological polar surface area (TPSA) is 83.6 Å². The van der Waals surface area contributed by atoms with Crippen LogP contribution < -0.4 is 9.62 Å². The molecule has 0 saturated heterocycles. The third-order valence-electron chi connectivity index (χ3n) is 4.62. The first-order valence-corrected chi connectivity index (χ1v) is 11.7. The van der Waals surface area contributed by atoms with Crippen LogP contribution in [0.15, 0.2) is 78.9 Å². The molecule has 3 aromatic rings. The largest absolute Gasteiger partial charge is 0.324 e. The van der Waals surface area contributed by atoms with Gasteiger partial charge in [-0.2, -0.15) is 0 Å². The van der Waals surface area contributed by atoms with Crippen LogP contribution in [0.2, 0.25) is 5.02 Å². The first kappa shape index (κ1) is 22.5. The van der Waals surface area contributed by atoms with E-state index < -0.39 is 22.0 Å². The summed E-state index contributed by atoms with van der Waals surface area (Å²) in [6.45, 7) is 1.48. The lowest BCUT2D eigenvalue weighted by molar-refractivity contribution is -0.116. The minimum atomic E-state index is -3.75. The normalized spacial score (nSPS) is 12.1. The predicted molar refractivity (Wildman–Crippen MR) is 123 cm³/mol. The second kappa shape index (κ2) is 9.32. The number of benzene rings is 3. The number of rotatable bonds is 7. The molecule has 6 nitrogen and oxygen atoms in total. The highest BCUT2D eigenvalue weighted by atomic mass is 35.5. The summed E-state index contributed by atoms with van der Waals surface area (Å²) < 4.78 is 25.9. The molecule has 1 N–H and O–H groups in total.